The largest absolute Gasteiger partial charge is 0.491 e. The second kappa shape index (κ2) is 7.17. The number of benzene rings is 1. The van der Waals surface area contributed by atoms with Gasteiger partial charge in [0.15, 0.2) is 11.6 Å². The molecule has 1 aromatic heterocycles. The molecule has 114 valence electrons. The Kier molecular flexibility index (Phi) is 5.27. The minimum atomic E-state index is -0.399. The highest BCUT2D eigenvalue weighted by molar-refractivity contribution is 5.38. The van der Waals surface area contributed by atoms with Gasteiger partial charge in [-0.15, -0.1) is 5.10 Å². The van der Waals surface area contributed by atoms with Gasteiger partial charge in [0.05, 0.1) is 24.2 Å². The van der Waals surface area contributed by atoms with Crippen LogP contribution in [0.1, 0.15) is 26.5 Å². The minimum Gasteiger partial charge on any atom is -0.491 e. The lowest BCUT2D eigenvalue weighted by atomic mass is 10.2. The summed E-state index contributed by atoms with van der Waals surface area (Å²) < 4.78 is 20.6. The van der Waals surface area contributed by atoms with Gasteiger partial charge in [0, 0.05) is 12.6 Å². The van der Waals surface area contributed by atoms with Gasteiger partial charge in [0.25, 0.3) is 0 Å². The SMILES string of the molecule is CCOc1ccc(-n2cc(CNCC(C)C)nn2)cc1F. The maximum absolute atomic E-state index is 13.8. The average molecular weight is 292 g/mol. The lowest BCUT2D eigenvalue weighted by Gasteiger charge is -2.06. The smallest absolute Gasteiger partial charge is 0.167 e. The predicted octanol–water partition coefficient (Wildman–Crippen LogP) is 2.55. The van der Waals surface area contributed by atoms with E-state index in [4.69, 9.17) is 4.74 Å². The summed E-state index contributed by atoms with van der Waals surface area (Å²) in [6.07, 6.45) is 1.79. The summed E-state index contributed by atoms with van der Waals surface area (Å²) in [6, 6.07) is 4.76. The van der Waals surface area contributed by atoms with E-state index in [0.29, 0.717) is 24.8 Å². The molecule has 0 spiro atoms. The van der Waals surface area contributed by atoms with Gasteiger partial charge in [-0.2, -0.15) is 0 Å². The molecule has 0 fully saturated rings. The van der Waals surface area contributed by atoms with Gasteiger partial charge >= 0.3 is 0 Å². The van der Waals surface area contributed by atoms with E-state index < -0.39 is 5.82 Å². The monoisotopic (exact) mass is 292 g/mol. The Balaban J connectivity index is 2.05. The Hall–Kier alpha value is -1.95. The van der Waals surface area contributed by atoms with E-state index in [1.54, 1.807) is 23.0 Å². The molecule has 0 saturated carbocycles. The van der Waals surface area contributed by atoms with Crippen LogP contribution in [0.2, 0.25) is 0 Å². The van der Waals surface area contributed by atoms with E-state index in [-0.39, 0.29) is 5.75 Å². The Morgan fingerprint density at radius 2 is 2.19 bits per heavy atom. The van der Waals surface area contributed by atoms with Crippen molar-refractivity contribution in [2.24, 2.45) is 5.92 Å². The van der Waals surface area contributed by atoms with Gasteiger partial charge in [0.1, 0.15) is 0 Å². The average Bonchev–Trinajstić information content (AvgIpc) is 2.90. The van der Waals surface area contributed by atoms with Crippen LogP contribution in [0.25, 0.3) is 5.69 Å². The number of aromatic nitrogens is 3. The van der Waals surface area contributed by atoms with E-state index in [2.05, 4.69) is 29.5 Å². The fraction of sp³-hybridized carbons (Fsp3) is 0.467. The van der Waals surface area contributed by atoms with Crippen molar-refractivity contribution in [2.75, 3.05) is 13.2 Å². The molecule has 6 heteroatoms. The molecule has 0 aliphatic heterocycles. The molecule has 0 saturated heterocycles. The van der Waals surface area contributed by atoms with Crippen molar-refractivity contribution in [1.82, 2.24) is 20.3 Å². The van der Waals surface area contributed by atoms with Crippen molar-refractivity contribution in [1.29, 1.82) is 0 Å². The number of halogens is 1. The second-order valence-electron chi connectivity index (χ2n) is 5.23. The Morgan fingerprint density at radius 3 is 2.86 bits per heavy atom. The number of rotatable bonds is 7. The van der Waals surface area contributed by atoms with Gasteiger partial charge in [-0.1, -0.05) is 19.1 Å². The lowest BCUT2D eigenvalue weighted by Crippen LogP contribution is -2.19. The summed E-state index contributed by atoms with van der Waals surface area (Å²) in [7, 11) is 0. The molecule has 0 radical (unpaired) electrons. The van der Waals surface area contributed by atoms with Crippen molar-refractivity contribution in [3.05, 3.63) is 35.9 Å². The van der Waals surface area contributed by atoms with Crippen LogP contribution in [0.5, 0.6) is 5.75 Å². The van der Waals surface area contributed by atoms with Crippen LogP contribution in [0, 0.1) is 11.7 Å². The first-order chi connectivity index (χ1) is 10.1. The Bertz CT molecular complexity index is 583. The predicted molar refractivity (Wildman–Crippen MR) is 79.0 cm³/mol. The van der Waals surface area contributed by atoms with Gasteiger partial charge in [-0.25, -0.2) is 9.07 Å². The van der Waals surface area contributed by atoms with Gasteiger partial charge in [-0.3, -0.25) is 0 Å². The third-order valence-corrected chi connectivity index (χ3v) is 2.88. The molecule has 0 aliphatic rings. The van der Waals surface area contributed by atoms with E-state index >= 15 is 0 Å². The summed E-state index contributed by atoms with van der Waals surface area (Å²) in [4.78, 5) is 0. The quantitative estimate of drug-likeness (QED) is 0.852. The van der Waals surface area contributed by atoms with E-state index in [1.165, 1.54) is 6.07 Å². The molecule has 1 N–H and O–H groups in total. The molecule has 0 unspecified atom stereocenters. The van der Waals surface area contributed by atoms with Crippen molar-refractivity contribution >= 4 is 0 Å². The molecule has 1 heterocycles. The molecule has 0 aliphatic carbocycles. The fourth-order valence-electron chi connectivity index (χ4n) is 1.90. The summed E-state index contributed by atoms with van der Waals surface area (Å²) in [5, 5.41) is 11.4. The number of nitrogens with zero attached hydrogens (tertiary/aromatic N) is 3. The number of nitrogens with one attached hydrogen (secondary N) is 1. The van der Waals surface area contributed by atoms with Crippen LogP contribution in [-0.4, -0.2) is 28.1 Å². The lowest BCUT2D eigenvalue weighted by molar-refractivity contribution is 0.321. The Labute approximate surface area is 124 Å². The highest BCUT2D eigenvalue weighted by Crippen LogP contribution is 2.20. The number of hydrogen-bond acceptors (Lipinski definition) is 4. The fourth-order valence-corrected chi connectivity index (χ4v) is 1.90. The molecule has 1 aromatic carbocycles. The van der Waals surface area contributed by atoms with Crippen LogP contribution in [-0.2, 0) is 6.54 Å². The maximum Gasteiger partial charge on any atom is 0.167 e. The van der Waals surface area contributed by atoms with Crippen LogP contribution in [0.4, 0.5) is 4.39 Å². The van der Waals surface area contributed by atoms with E-state index in [1.807, 2.05) is 6.92 Å². The Morgan fingerprint density at radius 1 is 1.38 bits per heavy atom. The van der Waals surface area contributed by atoms with Crippen molar-refractivity contribution in [3.8, 4) is 11.4 Å². The zero-order chi connectivity index (χ0) is 15.2. The van der Waals surface area contributed by atoms with E-state index in [0.717, 1.165) is 12.2 Å². The third kappa shape index (κ3) is 4.26. The van der Waals surface area contributed by atoms with E-state index in [9.17, 15) is 4.39 Å². The highest BCUT2D eigenvalue weighted by atomic mass is 19.1. The molecule has 0 amide bonds. The van der Waals surface area contributed by atoms with Gasteiger partial charge in [-0.05, 0) is 31.5 Å². The number of ether oxygens (including phenoxy) is 1. The molecule has 2 rings (SSSR count). The molecule has 2 aromatic rings. The molecular formula is C15H21FN4O. The minimum absolute atomic E-state index is 0.250. The van der Waals surface area contributed by atoms with Crippen molar-refractivity contribution in [2.45, 2.75) is 27.3 Å². The normalized spacial score (nSPS) is 11.1. The first-order valence-corrected chi connectivity index (χ1v) is 7.14. The maximum atomic E-state index is 13.8. The summed E-state index contributed by atoms with van der Waals surface area (Å²) >= 11 is 0. The molecule has 0 atom stereocenters. The zero-order valence-corrected chi connectivity index (χ0v) is 12.6. The number of hydrogen-bond donors (Lipinski definition) is 1. The summed E-state index contributed by atoms with van der Waals surface area (Å²) in [5.74, 6) is 0.435. The topological polar surface area (TPSA) is 52.0 Å². The van der Waals surface area contributed by atoms with Crippen LogP contribution in [0.15, 0.2) is 24.4 Å². The zero-order valence-electron chi connectivity index (χ0n) is 12.6. The van der Waals surface area contributed by atoms with Crippen LogP contribution in [0.3, 0.4) is 0 Å². The first kappa shape index (κ1) is 15.4. The summed E-state index contributed by atoms with van der Waals surface area (Å²) in [6.45, 7) is 8.12. The van der Waals surface area contributed by atoms with Crippen molar-refractivity contribution in [3.63, 3.8) is 0 Å². The van der Waals surface area contributed by atoms with Gasteiger partial charge < -0.3 is 10.1 Å². The van der Waals surface area contributed by atoms with Gasteiger partial charge in [0.2, 0.25) is 0 Å². The molecular weight excluding hydrogens is 271 g/mol. The van der Waals surface area contributed by atoms with Crippen molar-refractivity contribution < 1.29 is 9.13 Å². The van der Waals surface area contributed by atoms with Crippen LogP contribution < -0.4 is 10.1 Å². The summed E-state index contributed by atoms with van der Waals surface area (Å²) in [5.41, 5.74) is 1.45. The molecule has 0 bridgehead atoms. The highest BCUT2D eigenvalue weighted by Gasteiger charge is 2.08. The first-order valence-electron chi connectivity index (χ1n) is 7.14. The standard InChI is InChI=1S/C15H21FN4O/c1-4-21-15-6-5-13(7-14(15)16)20-10-12(18-19-20)9-17-8-11(2)3/h5-7,10-11,17H,4,8-9H2,1-3H3. The second-order valence-corrected chi connectivity index (χ2v) is 5.23. The molecule has 21 heavy (non-hydrogen) atoms. The molecule has 5 nitrogen and oxygen atoms in total. The van der Waals surface area contributed by atoms with Crippen LogP contribution >= 0.6 is 0 Å². The third-order valence-electron chi connectivity index (χ3n) is 2.88.